The molecule has 0 unspecified atom stereocenters. The number of aryl methyl sites for hydroxylation is 2. The molecule has 0 atom stereocenters. The first-order chi connectivity index (χ1) is 8.08. The molecule has 0 aliphatic carbocycles. The van der Waals surface area contributed by atoms with Gasteiger partial charge < -0.3 is 10.2 Å². The zero-order valence-corrected chi connectivity index (χ0v) is 10.9. The Labute approximate surface area is 105 Å². The first-order valence-corrected chi connectivity index (χ1v) is 6.52. The predicted molar refractivity (Wildman–Crippen MR) is 67.3 cm³/mol. The molecule has 0 radical (unpaired) electrons. The maximum Gasteiger partial charge on any atom is 0.255 e. The quantitative estimate of drug-likeness (QED) is 0.819. The molecule has 1 N–H and O–H groups in total. The second-order valence-electron chi connectivity index (χ2n) is 4.26. The smallest absolute Gasteiger partial charge is 0.255 e. The summed E-state index contributed by atoms with van der Waals surface area (Å²) in [6, 6.07) is 1.91. The van der Waals surface area contributed by atoms with Gasteiger partial charge in [0.15, 0.2) is 0 Å². The molecular weight excluding hydrogens is 236 g/mol. The minimum Gasteiger partial charge on any atom is -0.354 e. The molecule has 17 heavy (non-hydrogen) atoms. The Kier molecular flexibility index (Phi) is 3.47. The first-order valence-electron chi connectivity index (χ1n) is 5.71. The molecule has 0 aromatic carbocycles. The molecule has 4 nitrogen and oxygen atoms in total. The van der Waals surface area contributed by atoms with Crippen LogP contribution in [0.4, 0.5) is 0 Å². The Balaban J connectivity index is 2.18. The van der Waals surface area contributed by atoms with Crippen molar-refractivity contribution >= 4 is 23.2 Å². The topological polar surface area (TPSA) is 49.4 Å². The van der Waals surface area contributed by atoms with Gasteiger partial charge in [0.25, 0.3) is 5.91 Å². The van der Waals surface area contributed by atoms with Gasteiger partial charge in [0.05, 0.1) is 12.1 Å². The van der Waals surface area contributed by atoms with Crippen molar-refractivity contribution in [3.8, 4) is 0 Å². The largest absolute Gasteiger partial charge is 0.354 e. The van der Waals surface area contributed by atoms with Crippen molar-refractivity contribution in [2.75, 3.05) is 19.6 Å². The van der Waals surface area contributed by atoms with E-state index in [1.54, 1.807) is 16.2 Å². The molecule has 92 valence electrons. The highest BCUT2D eigenvalue weighted by atomic mass is 32.1. The van der Waals surface area contributed by atoms with Crippen LogP contribution in [0.3, 0.4) is 0 Å². The lowest BCUT2D eigenvalue weighted by Gasteiger charge is -2.18. The molecule has 0 saturated carbocycles. The van der Waals surface area contributed by atoms with Crippen molar-refractivity contribution in [2.45, 2.75) is 20.3 Å². The highest BCUT2D eigenvalue weighted by Gasteiger charge is 2.22. The number of hydrogen-bond donors (Lipinski definition) is 1. The fraction of sp³-hybridized carbons (Fsp3) is 0.500. The van der Waals surface area contributed by atoms with Gasteiger partial charge in [0, 0.05) is 22.8 Å². The van der Waals surface area contributed by atoms with Crippen LogP contribution in [0.2, 0.25) is 0 Å². The van der Waals surface area contributed by atoms with E-state index in [0.29, 0.717) is 13.1 Å². The molecule has 1 aromatic heterocycles. The van der Waals surface area contributed by atoms with Crippen molar-refractivity contribution in [3.05, 3.63) is 21.4 Å². The second kappa shape index (κ2) is 4.87. The normalized spacial score (nSPS) is 16.6. The Morgan fingerprint density at radius 3 is 2.88 bits per heavy atom. The molecule has 1 aliphatic rings. The number of rotatable bonds is 1. The van der Waals surface area contributed by atoms with Gasteiger partial charge in [-0.1, -0.05) is 0 Å². The highest BCUT2D eigenvalue weighted by molar-refractivity contribution is 7.12. The minimum atomic E-state index is -0.0690. The fourth-order valence-corrected chi connectivity index (χ4v) is 2.91. The number of carbonyl (C=O) groups is 2. The summed E-state index contributed by atoms with van der Waals surface area (Å²) in [5.74, 6) is -0.0932. The molecular formula is C12H16N2O2S. The molecule has 1 aliphatic heterocycles. The summed E-state index contributed by atoms with van der Waals surface area (Å²) in [5.41, 5.74) is 0.738. The van der Waals surface area contributed by atoms with Crippen LogP contribution in [0.1, 0.15) is 26.5 Å². The van der Waals surface area contributed by atoms with Crippen LogP contribution in [-0.4, -0.2) is 36.3 Å². The minimum absolute atomic E-state index is 0.0242. The first kappa shape index (κ1) is 12.1. The second-order valence-corrected chi connectivity index (χ2v) is 5.72. The van der Waals surface area contributed by atoms with Crippen molar-refractivity contribution in [2.24, 2.45) is 0 Å². The van der Waals surface area contributed by atoms with Crippen molar-refractivity contribution < 1.29 is 9.59 Å². The van der Waals surface area contributed by atoms with Gasteiger partial charge in [-0.3, -0.25) is 9.59 Å². The van der Waals surface area contributed by atoms with Crippen LogP contribution >= 0.6 is 11.3 Å². The average Bonchev–Trinajstić information content (AvgIpc) is 2.49. The standard InChI is InChI=1S/C12H16N2O2S/c1-8-6-10(9(2)17-8)12(16)14-5-3-4-13-11(15)7-14/h6H,3-5,7H2,1-2H3,(H,13,15). The highest BCUT2D eigenvalue weighted by Crippen LogP contribution is 2.22. The third-order valence-corrected chi connectivity index (χ3v) is 3.79. The van der Waals surface area contributed by atoms with Gasteiger partial charge in [-0.05, 0) is 26.3 Å². The molecule has 0 bridgehead atoms. The van der Waals surface area contributed by atoms with E-state index >= 15 is 0 Å². The molecule has 1 aromatic rings. The maximum atomic E-state index is 12.3. The van der Waals surface area contributed by atoms with Crippen molar-refractivity contribution in [1.82, 2.24) is 10.2 Å². The third kappa shape index (κ3) is 2.66. The monoisotopic (exact) mass is 252 g/mol. The molecule has 0 spiro atoms. The van der Waals surface area contributed by atoms with Crippen LogP contribution < -0.4 is 5.32 Å². The van der Waals surface area contributed by atoms with Crippen LogP contribution in [-0.2, 0) is 4.79 Å². The van der Waals surface area contributed by atoms with Gasteiger partial charge in [0.2, 0.25) is 5.91 Å². The number of nitrogens with zero attached hydrogens (tertiary/aromatic N) is 1. The molecule has 2 heterocycles. The maximum absolute atomic E-state index is 12.3. The summed E-state index contributed by atoms with van der Waals surface area (Å²) in [6.07, 6.45) is 0.819. The average molecular weight is 252 g/mol. The van der Waals surface area contributed by atoms with Gasteiger partial charge in [-0.15, -0.1) is 11.3 Å². The number of hydrogen-bond acceptors (Lipinski definition) is 3. The summed E-state index contributed by atoms with van der Waals surface area (Å²) in [7, 11) is 0. The van der Waals surface area contributed by atoms with Crippen molar-refractivity contribution in [1.29, 1.82) is 0 Å². The fourth-order valence-electron chi connectivity index (χ4n) is 1.99. The number of carbonyl (C=O) groups excluding carboxylic acids is 2. The lowest BCUT2D eigenvalue weighted by atomic mass is 10.2. The van der Waals surface area contributed by atoms with Gasteiger partial charge >= 0.3 is 0 Å². The molecule has 2 rings (SSSR count). The van der Waals surface area contributed by atoms with E-state index in [0.717, 1.165) is 21.7 Å². The lowest BCUT2D eigenvalue weighted by Crippen LogP contribution is -2.37. The van der Waals surface area contributed by atoms with Crippen LogP contribution in [0.25, 0.3) is 0 Å². The third-order valence-electron chi connectivity index (χ3n) is 2.82. The van der Waals surface area contributed by atoms with Crippen LogP contribution in [0.5, 0.6) is 0 Å². The van der Waals surface area contributed by atoms with Crippen molar-refractivity contribution in [3.63, 3.8) is 0 Å². The Hall–Kier alpha value is -1.36. The Bertz CT molecular complexity index is 453. The summed E-state index contributed by atoms with van der Waals surface area (Å²) in [4.78, 5) is 27.5. The molecule has 1 fully saturated rings. The summed E-state index contributed by atoms with van der Waals surface area (Å²) in [6.45, 7) is 5.41. The van der Waals surface area contributed by atoms with E-state index in [-0.39, 0.29) is 18.4 Å². The lowest BCUT2D eigenvalue weighted by molar-refractivity contribution is -0.121. The van der Waals surface area contributed by atoms with Crippen LogP contribution in [0.15, 0.2) is 6.07 Å². The molecule has 1 saturated heterocycles. The van der Waals surface area contributed by atoms with Crippen LogP contribution in [0, 0.1) is 13.8 Å². The molecule has 5 heteroatoms. The number of amides is 2. The van der Waals surface area contributed by atoms with E-state index in [2.05, 4.69) is 5.32 Å². The zero-order chi connectivity index (χ0) is 12.4. The summed E-state index contributed by atoms with van der Waals surface area (Å²) < 4.78 is 0. The van der Waals surface area contributed by atoms with Gasteiger partial charge in [-0.2, -0.15) is 0 Å². The Morgan fingerprint density at radius 2 is 2.24 bits per heavy atom. The number of nitrogens with one attached hydrogen (secondary N) is 1. The summed E-state index contributed by atoms with van der Waals surface area (Å²) in [5, 5.41) is 2.77. The number of thiophene rings is 1. The Morgan fingerprint density at radius 1 is 1.47 bits per heavy atom. The van der Waals surface area contributed by atoms with E-state index < -0.39 is 0 Å². The van der Waals surface area contributed by atoms with E-state index in [1.807, 2.05) is 19.9 Å². The van der Waals surface area contributed by atoms with E-state index in [4.69, 9.17) is 0 Å². The van der Waals surface area contributed by atoms with Gasteiger partial charge in [0.1, 0.15) is 0 Å². The summed E-state index contributed by atoms with van der Waals surface area (Å²) >= 11 is 1.62. The zero-order valence-electron chi connectivity index (χ0n) is 10.1. The molecule has 2 amide bonds. The van der Waals surface area contributed by atoms with E-state index in [9.17, 15) is 9.59 Å². The van der Waals surface area contributed by atoms with E-state index in [1.165, 1.54) is 0 Å². The SMILES string of the molecule is Cc1cc(C(=O)N2CCCNC(=O)C2)c(C)s1. The predicted octanol–water partition coefficient (Wildman–Crippen LogP) is 1.33. The van der Waals surface area contributed by atoms with Gasteiger partial charge in [-0.25, -0.2) is 0 Å².